The molecular weight excluding hydrogens is 302 g/mol. The predicted octanol–water partition coefficient (Wildman–Crippen LogP) is 3.54. The van der Waals surface area contributed by atoms with Gasteiger partial charge in [-0.2, -0.15) is 0 Å². The first-order valence-electron chi connectivity index (χ1n) is 9.17. The highest BCUT2D eigenvalue weighted by molar-refractivity contribution is 5.76. The molecule has 1 saturated heterocycles. The second-order valence-electron chi connectivity index (χ2n) is 7.17. The third-order valence-corrected chi connectivity index (χ3v) is 5.41. The minimum Gasteiger partial charge on any atom is -0.384 e. The molecule has 4 atom stereocenters. The summed E-state index contributed by atoms with van der Waals surface area (Å²) >= 11 is 0. The lowest BCUT2D eigenvalue weighted by atomic mass is 9.76. The topological polar surface area (TPSA) is 47.6 Å². The molecule has 2 aliphatic rings. The van der Waals surface area contributed by atoms with E-state index in [9.17, 15) is 4.79 Å². The normalized spacial score (nSPS) is 29.8. The van der Waals surface area contributed by atoms with Crippen molar-refractivity contribution >= 4 is 5.91 Å². The number of benzene rings is 1. The van der Waals surface area contributed by atoms with Gasteiger partial charge in [0, 0.05) is 25.5 Å². The fourth-order valence-corrected chi connectivity index (χ4v) is 4.06. The van der Waals surface area contributed by atoms with E-state index in [0.29, 0.717) is 18.9 Å². The SMILES string of the molecule is COCCC(=O)N[C@@H]1C[C@H](c2ccc(C)cc2)O[C@@H]2CCCC[C@@H]12. The Morgan fingerprint density at radius 1 is 1.25 bits per heavy atom. The Balaban J connectivity index is 1.71. The van der Waals surface area contributed by atoms with Gasteiger partial charge < -0.3 is 14.8 Å². The van der Waals surface area contributed by atoms with Crippen LogP contribution in [0.25, 0.3) is 0 Å². The van der Waals surface area contributed by atoms with Crippen LogP contribution in [0.1, 0.15) is 55.8 Å². The monoisotopic (exact) mass is 331 g/mol. The number of carbonyl (C=O) groups excluding carboxylic acids is 1. The first kappa shape index (κ1) is 17.4. The van der Waals surface area contributed by atoms with Crippen molar-refractivity contribution in [3.05, 3.63) is 35.4 Å². The minimum absolute atomic E-state index is 0.0812. The number of fused-ring (bicyclic) bond motifs is 1. The van der Waals surface area contributed by atoms with Gasteiger partial charge in [-0.05, 0) is 31.7 Å². The molecule has 4 nitrogen and oxygen atoms in total. The van der Waals surface area contributed by atoms with Gasteiger partial charge in [0.1, 0.15) is 0 Å². The maximum atomic E-state index is 12.2. The Labute approximate surface area is 144 Å². The summed E-state index contributed by atoms with van der Waals surface area (Å²) in [5.74, 6) is 0.544. The van der Waals surface area contributed by atoms with Crippen molar-refractivity contribution in [3.63, 3.8) is 0 Å². The van der Waals surface area contributed by atoms with Crippen molar-refractivity contribution in [1.82, 2.24) is 5.32 Å². The molecule has 0 spiro atoms. The number of nitrogens with one attached hydrogen (secondary N) is 1. The van der Waals surface area contributed by atoms with Gasteiger partial charge in [0.2, 0.25) is 5.91 Å². The van der Waals surface area contributed by atoms with E-state index in [0.717, 1.165) is 19.3 Å². The van der Waals surface area contributed by atoms with E-state index in [-0.39, 0.29) is 24.2 Å². The average Bonchev–Trinajstić information content (AvgIpc) is 2.60. The summed E-state index contributed by atoms with van der Waals surface area (Å²) in [4.78, 5) is 12.2. The molecule has 3 rings (SSSR count). The van der Waals surface area contributed by atoms with Crippen LogP contribution in [0.5, 0.6) is 0 Å². The molecule has 0 aromatic heterocycles. The smallest absolute Gasteiger partial charge is 0.222 e. The minimum atomic E-state index is 0.0812. The van der Waals surface area contributed by atoms with Crippen LogP contribution in [0, 0.1) is 12.8 Å². The highest BCUT2D eigenvalue weighted by atomic mass is 16.5. The lowest BCUT2D eigenvalue weighted by Crippen LogP contribution is -2.51. The van der Waals surface area contributed by atoms with Crippen LogP contribution in [0.3, 0.4) is 0 Å². The van der Waals surface area contributed by atoms with Crippen molar-refractivity contribution in [2.45, 2.75) is 63.7 Å². The largest absolute Gasteiger partial charge is 0.384 e. The number of methoxy groups -OCH3 is 1. The molecule has 24 heavy (non-hydrogen) atoms. The Morgan fingerprint density at radius 2 is 2.00 bits per heavy atom. The van der Waals surface area contributed by atoms with Gasteiger partial charge in [-0.1, -0.05) is 42.7 Å². The van der Waals surface area contributed by atoms with Crippen LogP contribution < -0.4 is 5.32 Å². The van der Waals surface area contributed by atoms with Gasteiger partial charge in [-0.25, -0.2) is 0 Å². The summed E-state index contributed by atoms with van der Waals surface area (Å²) in [6.45, 7) is 2.58. The summed E-state index contributed by atoms with van der Waals surface area (Å²) in [5, 5.41) is 3.27. The second-order valence-corrected chi connectivity index (χ2v) is 7.17. The molecule has 0 bridgehead atoms. The van der Waals surface area contributed by atoms with E-state index in [2.05, 4.69) is 36.5 Å². The number of amides is 1. The number of hydrogen-bond acceptors (Lipinski definition) is 3. The van der Waals surface area contributed by atoms with Crippen molar-refractivity contribution in [3.8, 4) is 0 Å². The lowest BCUT2D eigenvalue weighted by molar-refractivity contribution is -0.133. The number of ether oxygens (including phenoxy) is 2. The third kappa shape index (κ3) is 4.17. The number of hydrogen-bond donors (Lipinski definition) is 1. The van der Waals surface area contributed by atoms with Crippen LogP contribution in [0.15, 0.2) is 24.3 Å². The maximum absolute atomic E-state index is 12.2. The third-order valence-electron chi connectivity index (χ3n) is 5.41. The Bertz CT molecular complexity index is 542. The molecule has 1 aliphatic heterocycles. The summed E-state index contributed by atoms with van der Waals surface area (Å²) in [7, 11) is 1.63. The van der Waals surface area contributed by atoms with Crippen molar-refractivity contribution < 1.29 is 14.3 Å². The number of aryl methyl sites for hydroxylation is 1. The summed E-state index contributed by atoms with van der Waals surface area (Å²) in [5.41, 5.74) is 2.48. The van der Waals surface area contributed by atoms with Crippen molar-refractivity contribution in [2.75, 3.05) is 13.7 Å². The van der Waals surface area contributed by atoms with E-state index in [4.69, 9.17) is 9.47 Å². The first-order chi connectivity index (χ1) is 11.7. The van der Waals surface area contributed by atoms with E-state index in [1.807, 2.05) is 0 Å². The molecule has 0 unspecified atom stereocenters. The van der Waals surface area contributed by atoms with E-state index in [1.165, 1.54) is 24.0 Å². The molecule has 1 heterocycles. The number of rotatable bonds is 5. The van der Waals surface area contributed by atoms with E-state index < -0.39 is 0 Å². The molecule has 1 aliphatic carbocycles. The van der Waals surface area contributed by atoms with Gasteiger partial charge in [0.25, 0.3) is 0 Å². The van der Waals surface area contributed by atoms with Crippen LogP contribution in [-0.2, 0) is 14.3 Å². The van der Waals surface area contributed by atoms with Crippen LogP contribution in [-0.4, -0.2) is 31.8 Å². The number of carbonyl (C=O) groups is 1. The summed E-state index contributed by atoms with van der Waals surface area (Å²) in [6, 6.07) is 8.80. The van der Waals surface area contributed by atoms with Gasteiger partial charge in [-0.15, -0.1) is 0 Å². The van der Waals surface area contributed by atoms with Crippen LogP contribution >= 0.6 is 0 Å². The molecule has 0 radical (unpaired) electrons. The zero-order valence-electron chi connectivity index (χ0n) is 14.8. The highest BCUT2D eigenvalue weighted by Gasteiger charge is 2.40. The average molecular weight is 331 g/mol. The van der Waals surface area contributed by atoms with Crippen LogP contribution in [0.4, 0.5) is 0 Å². The molecule has 132 valence electrons. The van der Waals surface area contributed by atoms with Crippen molar-refractivity contribution in [2.24, 2.45) is 5.92 Å². The highest BCUT2D eigenvalue weighted by Crippen LogP contribution is 2.41. The molecule has 1 N–H and O–H groups in total. The molecule has 1 aromatic rings. The zero-order valence-corrected chi connectivity index (χ0v) is 14.8. The van der Waals surface area contributed by atoms with E-state index >= 15 is 0 Å². The van der Waals surface area contributed by atoms with Gasteiger partial charge >= 0.3 is 0 Å². The van der Waals surface area contributed by atoms with E-state index in [1.54, 1.807) is 7.11 Å². The molecule has 1 aromatic carbocycles. The quantitative estimate of drug-likeness (QED) is 0.898. The standard InChI is InChI=1S/C20H29NO3/c1-14-7-9-15(10-8-14)19-13-17(21-20(22)11-12-23-2)16-5-3-4-6-18(16)24-19/h7-10,16-19H,3-6,11-13H2,1-2H3,(H,21,22)/t16-,17+,18+,19+/m0/s1. The molecule has 4 heteroatoms. The van der Waals surface area contributed by atoms with Gasteiger partial charge in [0.05, 0.1) is 18.8 Å². The molecule has 1 amide bonds. The van der Waals surface area contributed by atoms with Crippen LogP contribution in [0.2, 0.25) is 0 Å². The first-order valence-corrected chi connectivity index (χ1v) is 9.17. The fraction of sp³-hybridized carbons (Fsp3) is 0.650. The Kier molecular flexibility index (Phi) is 5.90. The van der Waals surface area contributed by atoms with Crippen molar-refractivity contribution in [1.29, 1.82) is 0 Å². The Hall–Kier alpha value is -1.39. The fourth-order valence-electron chi connectivity index (χ4n) is 4.06. The molecular formula is C20H29NO3. The predicted molar refractivity (Wildman–Crippen MR) is 93.8 cm³/mol. The summed E-state index contributed by atoms with van der Waals surface area (Å²) < 4.78 is 11.5. The van der Waals surface area contributed by atoms with Gasteiger partial charge in [0.15, 0.2) is 0 Å². The lowest BCUT2D eigenvalue weighted by Gasteiger charge is -2.45. The second kappa shape index (κ2) is 8.13. The van der Waals surface area contributed by atoms with Gasteiger partial charge in [-0.3, -0.25) is 4.79 Å². The zero-order chi connectivity index (χ0) is 16.9. The summed E-state index contributed by atoms with van der Waals surface area (Å²) in [6.07, 6.45) is 6.38. The molecule has 2 fully saturated rings. The Morgan fingerprint density at radius 3 is 2.75 bits per heavy atom. The maximum Gasteiger partial charge on any atom is 0.222 e. The molecule has 1 saturated carbocycles.